The third-order valence-electron chi connectivity index (χ3n) is 1.64. The molecule has 0 atom stereocenters. The Morgan fingerprint density at radius 2 is 2.50 bits per heavy atom. The Hall–Kier alpha value is -0.430. The average Bonchev–Trinajstić information content (AvgIpc) is 2.36. The van der Waals surface area contributed by atoms with Crippen molar-refractivity contribution in [2.24, 2.45) is 0 Å². The second-order valence-corrected chi connectivity index (χ2v) is 3.45. The van der Waals surface area contributed by atoms with Crippen LogP contribution in [0, 0.1) is 15.7 Å². The summed E-state index contributed by atoms with van der Waals surface area (Å²) in [6.07, 6.45) is 1.10. The molecular formula is C8H6IN. The minimum Gasteiger partial charge on any atom is -0.383 e. The molecule has 0 fully saturated rings. The van der Waals surface area contributed by atoms with Gasteiger partial charge in [-0.15, -0.1) is 0 Å². The van der Waals surface area contributed by atoms with Crippen LogP contribution in [0.15, 0.2) is 6.07 Å². The van der Waals surface area contributed by atoms with E-state index in [4.69, 9.17) is 0 Å². The molecule has 50 valence electrons. The van der Waals surface area contributed by atoms with Crippen LogP contribution in [0.5, 0.6) is 0 Å². The van der Waals surface area contributed by atoms with Gasteiger partial charge in [-0.25, -0.2) is 0 Å². The van der Waals surface area contributed by atoms with Gasteiger partial charge < -0.3 is 5.32 Å². The number of rotatable bonds is 0. The summed E-state index contributed by atoms with van der Waals surface area (Å²) < 4.78 is 1.25. The van der Waals surface area contributed by atoms with E-state index in [1.54, 1.807) is 0 Å². The lowest BCUT2D eigenvalue weighted by atomic mass is 10.2. The summed E-state index contributed by atoms with van der Waals surface area (Å²) in [6, 6.07) is 8.04. The van der Waals surface area contributed by atoms with Gasteiger partial charge in [0.1, 0.15) is 0 Å². The second kappa shape index (κ2) is 2.31. The summed E-state index contributed by atoms with van der Waals surface area (Å²) in [5, 5.41) is 3.31. The monoisotopic (exact) mass is 243 g/mol. The Morgan fingerprint density at radius 3 is 3.30 bits per heavy atom. The Balaban J connectivity index is 2.59. The molecular weight excluding hydrogens is 237 g/mol. The first-order chi connectivity index (χ1) is 4.88. The zero-order valence-corrected chi connectivity index (χ0v) is 7.53. The van der Waals surface area contributed by atoms with Gasteiger partial charge in [-0.05, 0) is 29.0 Å². The van der Waals surface area contributed by atoms with Crippen molar-refractivity contribution in [3.63, 3.8) is 0 Å². The van der Waals surface area contributed by atoms with Crippen molar-refractivity contribution in [3.8, 4) is 0 Å². The van der Waals surface area contributed by atoms with Gasteiger partial charge in [0.15, 0.2) is 0 Å². The summed E-state index contributed by atoms with van der Waals surface area (Å²) in [5.41, 5.74) is 2.55. The topological polar surface area (TPSA) is 12.0 Å². The van der Waals surface area contributed by atoms with Crippen LogP contribution < -0.4 is 5.32 Å². The van der Waals surface area contributed by atoms with Crippen LogP contribution in [0.4, 0.5) is 5.69 Å². The Kier molecular flexibility index (Phi) is 1.46. The summed E-state index contributed by atoms with van der Waals surface area (Å²) in [5.74, 6) is 0. The molecule has 0 bridgehead atoms. The van der Waals surface area contributed by atoms with E-state index in [-0.39, 0.29) is 0 Å². The van der Waals surface area contributed by atoms with Gasteiger partial charge in [-0.3, -0.25) is 0 Å². The van der Waals surface area contributed by atoms with Crippen LogP contribution in [-0.2, 0) is 6.42 Å². The second-order valence-electron chi connectivity index (χ2n) is 2.29. The Labute approximate surface area is 74.0 Å². The highest BCUT2D eigenvalue weighted by Crippen LogP contribution is 2.24. The van der Waals surface area contributed by atoms with Crippen molar-refractivity contribution in [1.82, 2.24) is 0 Å². The molecule has 0 spiro atoms. The van der Waals surface area contributed by atoms with Crippen molar-refractivity contribution < 1.29 is 0 Å². The van der Waals surface area contributed by atoms with Gasteiger partial charge in [-0.1, -0.05) is 12.1 Å². The molecule has 1 N–H and O–H groups in total. The fourth-order valence-electron chi connectivity index (χ4n) is 1.16. The average molecular weight is 243 g/mol. The Morgan fingerprint density at radius 1 is 1.60 bits per heavy atom. The quantitative estimate of drug-likeness (QED) is 0.686. The molecule has 1 aliphatic heterocycles. The lowest BCUT2D eigenvalue weighted by molar-refractivity contribution is 1.11. The lowest BCUT2D eigenvalue weighted by Crippen LogP contribution is -1.92. The maximum absolute atomic E-state index is 3.31. The van der Waals surface area contributed by atoms with Crippen molar-refractivity contribution in [3.05, 3.63) is 27.3 Å². The van der Waals surface area contributed by atoms with Crippen molar-refractivity contribution in [2.75, 3.05) is 11.9 Å². The number of halogens is 1. The van der Waals surface area contributed by atoms with Crippen LogP contribution in [0.1, 0.15) is 5.56 Å². The molecule has 1 nitrogen and oxygen atoms in total. The first-order valence-corrected chi connectivity index (χ1v) is 4.30. The maximum atomic E-state index is 3.31. The van der Waals surface area contributed by atoms with E-state index in [1.807, 2.05) is 6.07 Å². The van der Waals surface area contributed by atoms with Crippen LogP contribution in [0.2, 0.25) is 0 Å². The van der Waals surface area contributed by atoms with E-state index in [9.17, 15) is 0 Å². The molecule has 0 saturated heterocycles. The summed E-state index contributed by atoms with van der Waals surface area (Å²) in [7, 11) is 0. The van der Waals surface area contributed by atoms with Crippen molar-refractivity contribution in [2.45, 2.75) is 6.42 Å². The van der Waals surface area contributed by atoms with Gasteiger partial charge in [0, 0.05) is 21.7 Å². The molecule has 0 unspecified atom stereocenters. The molecule has 0 radical (unpaired) electrons. The van der Waals surface area contributed by atoms with E-state index >= 15 is 0 Å². The van der Waals surface area contributed by atoms with Crippen LogP contribution in [0.25, 0.3) is 0 Å². The smallest absolute Gasteiger partial charge is 0.0600 e. The first kappa shape index (κ1) is 6.29. The van der Waals surface area contributed by atoms with E-state index in [1.165, 1.54) is 14.8 Å². The fraction of sp³-hybridized carbons (Fsp3) is 0.250. The standard InChI is InChI=1S/C8H6IN/c9-7-3-1-2-6-4-5-10-8(6)7/h3,10H,4-5H2. The van der Waals surface area contributed by atoms with Crippen LogP contribution in [-0.4, -0.2) is 6.54 Å². The highest BCUT2D eigenvalue weighted by molar-refractivity contribution is 14.1. The van der Waals surface area contributed by atoms with Gasteiger partial charge in [0.2, 0.25) is 0 Å². The minimum atomic E-state index is 1.06. The van der Waals surface area contributed by atoms with Gasteiger partial charge in [0.05, 0.1) is 5.69 Å². The molecule has 0 amide bonds. The normalized spacial score (nSPS) is 13.7. The number of anilines is 1. The van der Waals surface area contributed by atoms with E-state index in [0.29, 0.717) is 0 Å². The maximum Gasteiger partial charge on any atom is 0.0600 e. The third kappa shape index (κ3) is 0.853. The molecule has 1 heterocycles. The first-order valence-electron chi connectivity index (χ1n) is 3.22. The molecule has 1 aromatic rings. The molecule has 0 aromatic heterocycles. The number of hydrogen-bond acceptors (Lipinski definition) is 1. The van der Waals surface area contributed by atoms with Gasteiger partial charge >= 0.3 is 0 Å². The molecule has 2 heteroatoms. The van der Waals surface area contributed by atoms with Crippen molar-refractivity contribution >= 4 is 28.3 Å². The minimum absolute atomic E-state index is 1.06. The summed E-state index contributed by atoms with van der Waals surface area (Å²) in [6.45, 7) is 1.06. The summed E-state index contributed by atoms with van der Waals surface area (Å²) >= 11 is 2.31. The lowest BCUT2D eigenvalue weighted by Gasteiger charge is -1.96. The highest BCUT2D eigenvalue weighted by Gasteiger charge is 2.10. The fourth-order valence-corrected chi connectivity index (χ4v) is 1.83. The predicted molar refractivity (Wildman–Crippen MR) is 49.0 cm³/mol. The zero-order valence-electron chi connectivity index (χ0n) is 5.37. The molecule has 0 aliphatic carbocycles. The zero-order chi connectivity index (χ0) is 6.97. The largest absolute Gasteiger partial charge is 0.383 e. The predicted octanol–water partition coefficient (Wildman–Crippen LogP) is 1.86. The van der Waals surface area contributed by atoms with E-state index < -0.39 is 0 Å². The van der Waals surface area contributed by atoms with E-state index in [0.717, 1.165) is 13.0 Å². The molecule has 2 rings (SSSR count). The van der Waals surface area contributed by atoms with Crippen LogP contribution >= 0.6 is 22.6 Å². The molecule has 0 saturated carbocycles. The number of nitrogens with one attached hydrogen (secondary N) is 1. The molecule has 10 heavy (non-hydrogen) atoms. The third-order valence-corrected chi connectivity index (χ3v) is 2.49. The SMILES string of the molecule is Ic1cc#cc2c1NCC2. The van der Waals surface area contributed by atoms with Crippen LogP contribution in [0.3, 0.4) is 0 Å². The molecule has 1 aromatic carbocycles. The number of fused-ring (bicyclic) bond motifs is 1. The number of hydrogen-bond donors (Lipinski definition) is 1. The molecule has 1 aliphatic rings. The van der Waals surface area contributed by atoms with Crippen molar-refractivity contribution in [1.29, 1.82) is 0 Å². The Bertz CT molecular complexity index is 257. The van der Waals surface area contributed by atoms with Gasteiger partial charge in [-0.2, -0.15) is 0 Å². The highest BCUT2D eigenvalue weighted by atomic mass is 127. The van der Waals surface area contributed by atoms with Gasteiger partial charge in [0.25, 0.3) is 0 Å². The summed E-state index contributed by atoms with van der Waals surface area (Å²) in [4.78, 5) is 0. The van der Waals surface area contributed by atoms with E-state index in [2.05, 4.69) is 40.0 Å².